The Morgan fingerprint density at radius 2 is 2.25 bits per heavy atom. The molecule has 4 nitrogen and oxygen atoms in total. The van der Waals surface area contributed by atoms with Crippen molar-refractivity contribution in [3.8, 4) is 5.75 Å². The second kappa shape index (κ2) is 5.51. The normalized spacial score (nSPS) is 12.2. The van der Waals surface area contributed by atoms with Crippen molar-refractivity contribution in [3.05, 3.63) is 29.3 Å². The lowest BCUT2D eigenvalue weighted by Gasteiger charge is -2.12. The molecule has 1 aromatic carbocycles. The van der Waals surface area contributed by atoms with Crippen LogP contribution in [0.3, 0.4) is 0 Å². The van der Waals surface area contributed by atoms with Gasteiger partial charge in [0.05, 0.1) is 7.11 Å². The zero-order valence-corrected chi connectivity index (χ0v) is 9.56. The van der Waals surface area contributed by atoms with E-state index in [1.54, 1.807) is 7.11 Å². The molecule has 0 radical (unpaired) electrons. The molecular weight excluding hydrogens is 206 g/mol. The van der Waals surface area contributed by atoms with E-state index in [0.29, 0.717) is 5.75 Å². The number of aliphatic carboxylic acids is 1. The topological polar surface area (TPSA) is 72.6 Å². The van der Waals surface area contributed by atoms with Gasteiger partial charge in [-0.25, -0.2) is 0 Å². The fourth-order valence-electron chi connectivity index (χ4n) is 1.50. The highest BCUT2D eigenvalue weighted by Gasteiger charge is 2.14. The molecule has 0 aliphatic carbocycles. The van der Waals surface area contributed by atoms with Crippen molar-refractivity contribution in [1.82, 2.24) is 0 Å². The third-order valence-corrected chi connectivity index (χ3v) is 2.52. The van der Waals surface area contributed by atoms with E-state index < -0.39 is 12.0 Å². The van der Waals surface area contributed by atoms with Crippen molar-refractivity contribution < 1.29 is 14.6 Å². The number of hydrogen-bond acceptors (Lipinski definition) is 3. The largest absolute Gasteiger partial charge is 0.496 e. The zero-order chi connectivity index (χ0) is 12.1. The van der Waals surface area contributed by atoms with Gasteiger partial charge in [0.15, 0.2) is 0 Å². The summed E-state index contributed by atoms with van der Waals surface area (Å²) >= 11 is 0. The van der Waals surface area contributed by atoms with Gasteiger partial charge in [-0.15, -0.1) is 0 Å². The summed E-state index contributed by atoms with van der Waals surface area (Å²) in [4.78, 5) is 10.7. The van der Waals surface area contributed by atoms with Crippen LogP contribution in [0.4, 0.5) is 0 Å². The second-order valence-electron chi connectivity index (χ2n) is 3.65. The maximum atomic E-state index is 10.7. The Kier molecular flexibility index (Phi) is 4.31. The van der Waals surface area contributed by atoms with E-state index in [1.165, 1.54) is 0 Å². The predicted molar refractivity (Wildman–Crippen MR) is 61.7 cm³/mol. The maximum absolute atomic E-state index is 10.7. The van der Waals surface area contributed by atoms with Crippen LogP contribution in [-0.4, -0.2) is 24.2 Å². The molecule has 0 aliphatic heterocycles. The number of aryl methyl sites for hydroxylation is 1. The van der Waals surface area contributed by atoms with Crippen LogP contribution in [0.5, 0.6) is 5.75 Å². The summed E-state index contributed by atoms with van der Waals surface area (Å²) < 4.78 is 5.22. The van der Waals surface area contributed by atoms with Crippen LogP contribution in [0.15, 0.2) is 18.2 Å². The summed E-state index contributed by atoms with van der Waals surface area (Å²) in [5.41, 5.74) is 7.47. The van der Waals surface area contributed by atoms with Gasteiger partial charge in [0.1, 0.15) is 11.8 Å². The number of methoxy groups -OCH3 is 1. The Morgan fingerprint density at radius 3 is 2.75 bits per heavy atom. The van der Waals surface area contributed by atoms with E-state index >= 15 is 0 Å². The lowest BCUT2D eigenvalue weighted by Crippen LogP contribution is -2.32. The van der Waals surface area contributed by atoms with E-state index in [4.69, 9.17) is 15.6 Å². The molecule has 1 atom stereocenters. The van der Waals surface area contributed by atoms with Crippen molar-refractivity contribution in [2.45, 2.75) is 25.8 Å². The van der Waals surface area contributed by atoms with Crippen LogP contribution < -0.4 is 10.5 Å². The molecule has 0 spiro atoms. The van der Waals surface area contributed by atoms with Crippen LogP contribution in [-0.2, 0) is 17.6 Å². The summed E-state index contributed by atoms with van der Waals surface area (Å²) in [7, 11) is 1.57. The van der Waals surface area contributed by atoms with Crippen molar-refractivity contribution in [2.24, 2.45) is 5.73 Å². The molecule has 1 rings (SSSR count). The van der Waals surface area contributed by atoms with E-state index in [9.17, 15) is 4.79 Å². The van der Waals surface area contributed by atoms with Crippen molar-refractivity contribution in [2.75, 3.05) is 7.11 Å². The number of carboxylic acids is 1. The molecule has 4 heteroatoms. The third kappa shape index (κ3) is 2.97. The fourth-order valence-corrected chi connectivity index (χ4v) is 1.50. The lowest BCUT2D eigenvalue weighted by molar-refractivity contribution is -0.138. The van der Waals surface area contributed by atoms with Crippen molar-refractivity contribution in [1.29, 1.82) is 0 Å². The van der Waals surface area contributed by atoms with Crippen LogP contribution in [0.1, 0.15) is 18.1 Å². The first kappa shape index (κ1) is 12.5. The highest BCUT2D eigenvalue weighted by molar-refractivity contribution is 5.73. The summed E-state index contributed by atoms with van der Waals surface area (Å²) in [6.07, 6.45) is 1.20. The molecule has 0 fully saturated rings. The molecule has 0 bridgehead atoms. The molecule has 0 saturated carbocycles. The minimum Gasteiger partial charge on any atom is -0.496 e. The molecule has 16 heavy (non-hydrogen) atoms. The Bertz CT molecular complexity index is 377. The van der Waals surface area contributed by atoms with E-state index in [1.807, 2.05) is 18.2 Å². The quantitative estimate of drug-likeness (QED) is 0.787. The first-order chi connectivity index (χ1) is 7.58. The van der Waals surface area contributed by atoms with Gasteiger partial charge in [0.2, 0.25) is 0 Å². The fraction of sp³-hybridized carbons (Fsp3) is 0.417. The van der Waals surface area contributed by atoms with Crippen LogP contribution in [0.25, 0.3) is 0 Å². The molecule has 0 amide bonds. The number of rotatable bonds is 5. The smallest absolute Gasteiger partial charge is 0.320 e. The molecule has 1 aromatic rings. The SMILES string of the molecule is CCc1ccc(CC(N)C(=O)O)c(OC)c1. The Hall–Kier alpha value is -1.55. The summed E-state index contributed by atoms with van der Waals surface area (Å²) in [6, 6.07) is 4.87. The van der Waals surface area contributed by atoms with Crippen LogP contribution in [0, 0.1) is 0 Å². The molecule has 0 heterocycles. The number of carbonyl (C=O) groups is 1. The van der Waals surface area contributed by atoms with E-state index in [-0.39, 0.29) is 6.42 Å². The van der Waals surface area contributed by atoms with Gasteiger partial charge in [-0.05, 0) is 23.6 Å². The lowest BCUT2D eigenvalue weighted by atomic mass is 10.0. The Balaban J connectivity index is 2.91. The number of nitrogens with two attached hydrogens (primary N) is 1. The molecule has 88 valence electrons. The average Bonchev–Trinajstić information content (AvgIpc) is 2.29. The number of benzene rings is 1. The van der Waals surface area contributed by atoms with Crippen molar-refractivity contribution >= 4 is 5.97 Å². The number of hydrogen-bond donors (Lipinski definition) is 2. The van der Waals surface area contributed by atoms with Gasteiger partial charge >= 0.3 is 5.97 Å². The molecule has 0 aliphatic rings. The zero-order valence-electron chi connectivity index (χ0n) is 9.56. The van der Waals surface area contributed by atoms with Gasteiger partial charge in [0, 0.05) is 6.42 Å². The first-order valence-electron chi connectivity index (χ1n) is 5.22. The molecule has 3 N–H and O–H groups in total. The maximum Gasteiger partial charge on any atom is 0.320 e. The van der Waals surface area contributed by atoms with Gasteiger partial charge in [0.25, 0.3) is 0 Å². The average molecular weight is 223 g/mol. The summed E-state index contributed by atoms with van der Waals surface area (Å²) in [5.74, 6) is -0.294. The van der Waals surface area contributed by atoms with E-state index in [2.05, 4.69) is 6.92 Å². The molecule has 1 unspecified atom stereocenters. The Morgan fingerprint density at radius 1 is 1.56 bits per heavy atom. The number of carboxylic acid groups (broad SMARTS) is 1. The first-order valence-corrected chi connectivity index (χ1v) is 5.22. The van der Waals surface area contributed by atoms with E-state index in [0.717, 1.165) is 17.5 Å². The predicted octanol–water partition coefficient (Wildman–Crippen LogP) is 1.21. The summed E-state index contributed by atoms with van der Waals surface area (Å²) in [5, 5.41) is 8.74. The van der Waals surface area contributed by atoms with Gasteiger partial charge in [-0.2, -0.15) is 0 Å². The van der Waals surface area contributed by atoms with Crippen LogP contribution in [0.2, 0.25) is 0 Å². The van der Waals surface area contributed by atoms with Crippen molar-refractivity contribution in [3.63, 3.8) is 0 Å². The Labute approximate surface area is 95.0 Å². The van der Waals surface area contributed by atoms with Gasteiger partial charge in [-0.1, -0.05) is 19.1 Å². The van der Waals surface area contributed by atoms with Crippen LogP contribution >= 0.6 is 0 Å². The monoisotopic (exact) mass is 223 g/mol. The highest BCUT2D eigenvalue weighted by Crippen LogP contribution is 2.21. The minimum absolute atomic E-state index is 0.280. The summed E-state index contributed by atoms with van der Waals surface area (Å²) in [6.45, 7) is 2.05. The number of ether oxygens (including phenoxy) is 1. The van der Waals surface area contributed by atoms with Gasteiger partial charge in [-0.3, -0.25) is 4.79 Å². The molecule has 0 aromatic heterocycles. The molecule has 0 saturated heterocycles. The second-order valence-corrected chi connectivity index (χ2v) is 3.65. The third-order valence-electron chi connectivity index (χ3n) is 2.52. The minimum atomic E-state index is -0.998. The highest BCUT2D eigenvalue weighted by atomic mass is 16.5. The van der Waals surface area contributed by atoms with Gasteiger partial charge < -0.3 is 15.6 Å². The standard InChI is InChI=1S/C12H17NO3/c1-3-8-4-5-9(11(6-8)16-2)7-10(13)12(14)15/h4-6,10H,3,7,13H2,1-2H3,(H,14,15). The molecular formula is C12H17NO3.